The van der Waals surface area contributed by atoms with Gasteiger partial charge in [0.15, 0.2) is 5.65 Å². The van der Waals surface area contributed by atoms with E-state index in [4.69, 9.17) is 0 Å². The summed E-state index contributed by atoms with van der Waals surface area (Å²) in [4.78, 5) is 31.5. The molecule has 4 rings (SSSR count). The lowest BCUT2D eigenvalue weighted by molar-refractivity contribution is -0.130. The van der Waals surface area contributed by atoms with Crippen LogP contribution in [-0.4, -0.2) is 62.5 Å². The van der Waals surface area contributed by atoms with E-state index in [1.54, 1.807) is 15.6 Å². The Bertz CT molecular complexity index is 1250. The summed E-state index contributed by atoms with van der Waals surface area (Å²) in [5, 5.41) is 20.0. The van der Waals surface area contributed by atoms with Crippen molar-refractivity contribution >= 4 is 29.9 Å². The van der Waals surface area contributed by atoms with Crippen molar-refractivity contribution < 1.29 is 9.59 Å². The minimum atomic E-state index is -0.523. The third-order valence-electron chi connectivity index (χ3n) is 6.17. The van der Waals surface area contributed by atoms with Crippen molar-refractivity contribution in [3.8, 4) is 17.3 Å². The smallest absolute Gasteiger partial charge is 0.254 e. The predicted molar refractivity (Wildman–Crippen MR) is 135 cm³/mol. The van der Waals surface area contributed by atoms with Gasteiger partial charge in [-0.3, -0.25) is 9.59 Å². The molecule has 0 saturated carbocycles. The zero-order valence-electron chi connectivity index (χ0n) is 20.1. The van der Waals surface area contributed by atoms with Crippen LogP contribution in [0.3, 0.4) is 0 Å². The Labute approximate surface area is 210 Å². The molecule has 1 atom stereocenters. The monoisotopic (exact) mass is 495 g/mol. The summed E-state index contributed by atoms with van der Waals surface area (Å²) in [6.07, 6.45) is 3.14. The number of nitrogens with one attached hydrogen (secondary N) is 2. The summed E-state index contributed by atoms with van der Waals surface area (Å²) in [6, 6.07) is 13.6. The Morgan fingerprint density at radius 2 is 2.00 bits per heavy atom. The predicted octanol–water partition coefficient (Wildman–Crippen LogP) is 2.74. The molecule has 1 saturated heterocycles. The number of hydrogen-bond acceptors (Lipinski definition) is 6. The topological polar surface area (TPSA) is 115 Å². The zero-order chi connectivity index (χ0) is 24.3. The lowest BCUT2D eigenvalue weighted by Gasteiger charge is -2.28. The van der Waals surface area contributed by atoms with E-state index >= 15 is 0 Å². The summed E-state index contributed by atoms with van der Waals surface area (Å²) in [5.74, 6) is -0.351. The van der Waals surface area contributed by atoms with Gasteiger partial charge < -0.3 is 15.5 Å². The van der Waals surface area contributed by atoms with E-state index in [0.717, 1.165) is 24.1 Å². The van der Waals surface area contributed by atoms with Crippen LogP contribution in [0.2, 0.25) is 0 Å². The first kappa shape index (κ1) is 26.1. The molecule has 1 aromatic carbocycles. The second kappa shape index (κ2) is 10.8. The number of nitrogens with zero attached hydrogens (tertiary/aromatic N) is 5. The molecule has 2 aromatic heterocycles. The number of fused-ring (bicyclic) bond motifs is 1. The fourth-order valence-electron chi connectivity index (χ4n) is 4.10. The molecule has 1 fully saturated rings. The summed E-state index contributed by atoms with van der Waals surface area (Å²) < 4.78 is 1.68. The van der Waals surface area contributed by atoms with Crippen molar-refractivity contribution in [2.45, 2.75) is 45.2 Å². The van der Waals surface area contributed by atoms with E-state index in [2.05, 4.69) is 26.8 Å². The van der Waals surface area contributed by atoms with Gasteiger partial charge >= 0.3 is 0 Å². The van der Waals surface area contributed by atoms with E-state index in [0.29, 0.717) is 30.0 Å². The lowest BCUT2D eigenvalue weighted by atomic mass is 10.1. The molecule has 0 radical (unpaired) electrons. The standard InChI is InChI=1S/C25H29N7O2.ClH/c1-17-20(14-27-22-12-21(30-32(17)22)18-8-5-4-6-9-18)24(34)28-16-25(2,3)29-15-23(33)31-11-7-10-19(31)13-26;/h4-6,8-9,12,14,19,29H,7,10-11,15-16H2,1-3H3,(H,28,34);1H/t19-;/m0./s1. The Morgan fingerprint density at radius 1 is 1.26 bits per heavy atom. The molecular formula is C25H30ClN7O2. The maximum atomic E-state index is 12.9. The molecule has 35 heavy (non-hydrogen) atoms. The molecule has 184 valence electrons. The van der Waals surface area contributed by atoms with Gasteiger partial charge in [-0.2, -0.15) is 10.4 Å². The SMILES string of the molecule is Cc1c(C(=O)NCC(C)(C)NCC(=O)N2CCC[C@H]2C#N)cnc2cc(-c3ccccc3)nn12.Cl. The third kappa shape index (κ3) is 5.78. The second-order valence-electron chi connectivity index (χ2n) is 9.22. The number of hydrogen-bond donors (Lipinski definition) is 2. The van der Waals surface area contributed by atoms with Gasteiger partial charge in [-0.25, -0.2) is 9.50 Å². The quantitative estimate of drug-likeness (QED) is 0.520. The van der Waals surface area contributed by atoms with Gasteiger partial charge in [0.1, 0.15) is 6.04 Å². The highest BCUT2D eigenvalue weighted by Crippen LogP contribution is 2.20. The van der Waals surface area contributed by atoms with Gasteiger partial charge in [0.25, 0.3) is 5.91 Å². The maximum absolute atomic E-state index is 12.9. The van der Waals surface area contributed by atoms with Crippen molar-refractivity contribution in [3.63, 3.8) is 0 Å². The fourth-order valence-corrected chi connectivity index (χ4v) is 4.10. The van der Waals surface area contributed by atoms with Gasteiger partial charge in [-0.05, 0) is 33.6 Å². The molecular weight excluding hydrogens is 466 g/mol. The number of rotatable bonds is 7. The molecule has 0 bridgehead atoms. The van der Waals surface area contributed by atoms with Crippen molar-refractivity contribution in [2.24, 2.45) is 0 Å². The van der Waals surface area contributed by atoms with E-state index < -0.39 is 5.54 Å². The van der Waals surface area contributed by atoms with Crippen molar-refractivity contribution in [3.05, 3.63) is 53.9 Å². The largest absolute Gasteiger partial charge is 0.350 e. The zero-order valence-corrected chi connectivity index (χ0v) is 20.9. The Balaban J connectivity index is 0.00000342. The summed E-state index contributed by atoms with van der Waals surface area (Å²) in [7, 11) is 0. The first-order valence-corrected chi connectivity index (χ1v) is 11.4. The van der Waals surface area contributed by atoms with Crippen LogP contribution in [0.25, 0.3) is 16.9 Å². The molecule has 0 aliphatic carbocycles. The highest BCUT2D eigenvalue weighted by molar-refractivity contribution is 5.95. The number of nitriles is 1. The van der Waals surface area contributed by atoms with E-state index in [1.807, 2.05) is 57.2 Å². The number of amides is 2. The normalized spacial score (nSPS) is 15.5. The first-order chi connectivity index (χ1) is 16.3. The van der Waals surface area contributed by atoms with Crippen molar-refractivity contribution in [1.82, 2.24) is 30.1 Å². The minimum absolute atomic E-state index is 0. The van der Waals surface area contributed by atoms with Gasteiger partial charge in [-0.15, -0.1) is 12.4 Å². The third-order valence-corrected chi connectivity index (χ3v) is 6.17. The van der Waals surface area contributed by atoms with Gasteiger partial charge in [0.2, 0.25) is 5.91 Å². The average Bonchev–Trinajstić information content (AvgIpc) is 3.50. The Hall–Kier alpha value is -3.48. The summed E-state index contributed by atoms with van der Waals surface area (Å²) in [6.45, 7) is 6.72. The van der Waals surface area contributed by atoms with E-state index in [1.165, 1.54) is 0 Å². The minimum Gasteiger partial charge on any atom is -0.350 e. The number of benzene rings is 1. The van der Waals surface area contributed by atoms with Crippen LogP contribution in [-0.2, 0) is 4.79 Å². The molecule has 1 aliphatic rings. The summed E-state index contributed by atoms with van der Waals surface area (Å²) in [5.41, 5.74) is 3.06. The van der Waals surface area contributed by atoms with Crippen LogP contribution in [0, 0.1) is 18.3 Å². The highest BCUT2D eigenvalue weighted by atomic mass is 35.5. The van der Waals surface area contributed by atoms with Crippen LogP contribution in [0.4, 0.5) is 0 Å². The van der Waals surface area contributed by atoms with Crippen molar-refractivity contribution in [2.75, 3.05) is 19.6 Å². The lowest BCUT2D eigenvalue weighted by Crippen LogP contribution is -2.52. The van der Waals surface area contributed by atoms with Crippen LogP contribution in [0.15, 0.2) is 42.6 Å². The molecule has 3 heterocycles. The van der Waals surface area contributed by atoms with Gasteiger partial charge in [0.05, 0.1) is 29.6 Å². The number of carbonyl (C=O) groups excluding carboxylic acids is 2. The maximum Gasteiger partial charge on any atom is 0.254 e. The average molecular weight is 496 g/mol. The number of likely N-dealkylation sites (tertiary alicyclic amines) is 1. The van der Waals surface area contributed by atoms with Crippen LogP contribution >= 0.6 is 12.4 Å². The molecule has 3 aromatic rings. The van der Waals surface area contributed by atoms with E-state index in [9.17, 15) is 14.9 Å². The van der Waals surface area contributed by atoms with Gasteiger partial charge in [0, 0.05) is 36.5 Å². The molecule has 2 N–H and O–H groups in total. The molecule has 1 aliphatic heterocycles. The second-order valence-corrected chi connectivity index (χ2v) is 9.22. The summed E-state index contributed by atoms with van der Waals surface area (Å²) >= 11 is 0. The molecule has 10 heteroatoms. The van der Waals surface area contributed by atoms with Crippen LogP contribution in [0.1, 0.15) is 42.7 Å². The molecule has 2 amide bonds. The number of aromatic nitrogens is 3. The Morgan fingerprint density at radius 3 is 2.71 bits per heavy atom. The number of halogens is 1. The van der Waals surface area contributed by atoms with Crippen LogP contribution in [0.5, 0.6) is 0 Å². The van der Waals surface area contributed by atoms with Crippen molar-refractivity contribution in [1.29, 1.82) is 5.26 Å². The molecule has 0 unspecified atom stereocenters. The molecule has 0 spiro atoms. The first-order valence-electron chi connectivity index (χ1n) is 11.4. The Kier molecular flexibility index (Phi) is 8.10. The van der Waals surface area contributed by atoms with Crippen LogP contribution < -0.4 is 10.6 Å². The molecule has 9 nitrogen and oxygen atoms in total. The fraction of sp³-hybridized carbons (Fsp3) is 0.400. The number of carbonyl (C=O) groups is 2. The van der Waals surface area contributed by atoms with Gasteiger partial charge in [-0.1, -0.05) is 30.3 Å². The van der Waals surface area contributed by atoms with E-state index in [-0.39, 0.29) is 36.8 Å². The highest BCUT2D eigenvalue weighted by Gasteiger charge is 2.29. The number of aryl methyl sites for hydroxylation is 1.